The van der Waals surface area contributed by atoms with E-state index < -0.39 is 0 Å². The second-order valence-corrected chi connectivity index (χ2v) is 5.55. The van der Waals surface area contributed by atoms with Crippen LogP contribution in [0.5, 0.6) is 5.75 Å². The number of hydrogen-bond acceptors (Lipinski definition) is 4. The van der Waals surface area contributed by atoms with Crippen molar-refractivity contribution >= 4 is 0 Å². The van der Waals surface area contributed by atoms with Gasteiger partial charge in [-0.25, -0.2) is 4.98 Å². The molecular formula is C18H17N3O2. The third kappa shape index (κ3) is 3.61. The van der Waals surface area contributed by atoms with E-state index in [1.807, 2.05) is 12.3 Å². The first-order chi connectivity index (χ1) is 11.1. The molecular weight excluding hydrogens is 290 g/mol. The van der Waals surface area contributed by atoms with Crippen LogP contribution in [0.25, 0.3) is 0 Å². The molecule has 0 aliphatic carbocycles. The molecule has 5 nitrogen and oxygen atoms in total. The Morgan fingerprint density at radius 3 is 2.74 bits per heavy atom. The maximum Gasteiger partial charge on any atom is 0.210 e. The van der Waals surface area contributed by atoms with Crippen LogP contribution in [0.2, 0.25) is 0 Å². The number of hydrogen-bond donors (Lipinski definition) is 1. The molecule has 0 saturated heterocycles. The number of benzene rings is 1. The molecule has 0 spiro atoms. The summed E-state index contributed by atoms with van der Waals surface area (Å²) in [6.07, 6.45) is 3.73. The van der Waals surface area contributed by atoms with E-state index in [-0.39, 0.29) is 5.75 Å². The summed E-state index contributed by atoms with van der Waals surface area (Å²) in [6.45, 7) is 4.82. The maximum absolute atomic E-state index is 9.24. The van der Waals surface area contributed by atoms with Gasteiger partial charge in [0.2, 0.25) is 5.76 Å². The smallest absolute Gasteiger partial charge is 0.210 e. The second-order valence-electron chi connectivity index (χ2n) is 5.55. The summed E-state index contributed by atoms with van der Waals surface area (Å²) < 4.78 is 7.31. The van der Waals surface area contributed by atoms with Crippen molar-refractivity contribution in [2.45, 2.75) is 26.3 Å². The Morgan fingerprint density at radius 2 is 2.00 bits per heavy atom. The highest BCUT2D eigenvalue weighted by atomic mass is 16.5. The third-order valence-electron chi connectivity index (χ3n) is 3.35. The van der Waals surface area contributed by atoms with Crippen molar-refractivity contribution in [2.24, 2.45) is 0 Å². The van der Waals surface area contributed by atoms with Crippen molar-refractivity contribution in [2.75, 3.05) is 0 Å². The van der Waals surface area contributed by atoms with E-state index in [1.54, 1.807) is 30.5 Å². The highest BCUT2D eigenvalue weighted by molar-refractivity contribution is 5.41. The lowest BCUT2D eigenvalue weighted by atomic mass is 10.2. The molecule has 0 saturated carbocycles. The van der Waals surface area contributed by atoms with Crippen LogP contribution in [-0.2, 0) is 6.54 Å². The topological polar surface area (TPSA) is 64.1 Å². The van der Waals surface area contributed by atoms with Crippen LogP contribution in [0.4, 0.5) is 0 Å². The van der Waals surface area contributed by atoms with E-state index in [0.717, 1.165) is 17.1 Å². The number of imidazole rings is 1. The Labute approximate surface area is 134 Å². The summed E-state index contributed by atoms with van der Waals surface area (Å²) in [5, 5.41) is 13.3. The van der Waals surface area contributed by atoms with E-state index in [0.29, 0.717) is 18.2 Å². The van der Waals surface area contributed by atoms with Gasteiger partial charge in [0.05, 0.1) is 6.54 Å². The molecule has 3 aromatic rings. The quantitative estimate of drug-likeness (QED) is 0.755. The number of phenols is 1. The van der Waals surface area contributed by atoms with Crippen LogP contribution in [0.1, 0.15) is 42.6 Å². The van der Waals surface area contributed by atoms with Gasteiger partial charge in [-0.3, -0.25) is 0 Å². The minimum Gasteiger partial charge on any atom is -0.508 e. The average Bonchev–Trinajstić information content (AvgIpc) is 3.16. The van der Waals surface area contributed by atoms with Gasteiger partial charge in [0.1, 0.15) is 17.3 Å². The second kappa shape index (κ2) is 6.41. The monoisotopic (exact) mass is 307 g/mol. The van der Waals surface area contributed by atoms with Crippen LogP contribution in [0.15, 0.2) is 47.2 Å². The van der Waals surface area contributed by atoms with Crippen LogP contribution in [0.3, 0.4) is 0 Å². The lowest BCUT2D eigenvalue weighted by Crippen LogP contribution is -2.05. The Hall–Kier alpha value is -3.00. The van der Waals surface area contributed by atoms with Gasteiger partial charge in [-0.1, -0.05) is 24.9 Å². The van der Waals surface area contributed by atoms with Crippen LogP contribution in [0, 0.1) is 11.8 Å². The van der Waals surface area contributed by atoms with Gasteiger partial charge in [-0.15, -0.1) is 0 Å². The van der Waals surface area contributed by atoms with Crippen molar-refractivity contribution < 1.29 is 9.63 Å². The SMILES string of the molecule is CC(C)c1nccn1Cc1cc(C#Cc2ccc(O)cc2)on1. The lowest BCUT2D eigenvalue weighted by Gasteiger charge is -2.07. The number of aromatic nitrogens is 3. The molecule has 2 aromatic heterocycles. The first kappa shape index (κ1) is 14.9. The zero-order valence-corrected chi connectivity index (χ0v) is 13.0. The molecule has 116 valence electrons. The summed E-state index contributed by atoms with van der Waals surface area (Å²) in [4.78, 5) is 4.36. The first-order valence-corrected chi connectivity index (χ1v) is 7.39. The molecule has 0 atom stereocenters. The van der Waals surface area contributed by atoms with Gasteiger partial charge < -0.3 is 14.2 Å². The van der Waals surface area contributed by atoms with E-state index >= 15 is 0 Å². The van der Waals surface area contributed by atoms with Gasteiger partial charge in [-0.05, 0) is 30.2 Å². The maximum atomic E-state index is 9.24. The summed E-state index contributed by atoms with van der Waals surface area (Å²) in [5.41, 5.74) is 1.61. The van der Waals surface area contributed by atoms with Crippen molar-refractivity contribution in [3.8, 4) is 17.6 Å². The average molecular weight is 307 g/mol. The summed E-state index contributed by atoms with van der Waals surface area (Å²) in [6, 6.07) is 8.53. The van der Waals surface area contributed by atoms with Crippen LogP contribution >= 0.6 is 0 Å². The Kier molecular flexibility index (Phi) is 4.15. The van der Waals surface area contributed by atoms with Crippen molar-refractivity contribution in [3.05, 3.63) is 65.6 Å². The van der Waals surface area contributed by atoms with Gasteiger partial charge >= 0.3 is 0 Å². The number of aromatic hydroxyl groups is 1. The highest BCUT2D eigenvalue weighted by Crippen LogP contribution is 2.14. The fourth-order valence-corrected chi connectivity index (χ4v) is 2.25. The molecule has 2 heterocycles. The molecule has 0 aliphatic heterocycles. The van der Waals surface area contributed by atoms with Crippen molar-refractivity contribution in [1.29, 1.82) is 0 Å². The fourth-order valence-electron chi connectivity index (χ4n) is 2.25. The highest BCUT2D eigenvalue weighted by Gasteiger charge is 2.09. The Morgan fingerprint density at radius 1 is 1.22 bits per heavy atom. The molecule has 0 radical (unpaired) electrons. The predicted octanol–water partition coefficient (Wildman–Crippen LogP) is 3.15. The number of nitrogens with zero attached hydrogens (tertiary/aromatic N) is 3. The summed E-state index contributed by atoms with van der Waals surface area (Å²) in [7, 11) is 0. The van der Waals surface area contributed by atoms with E-state index in [1.165, 1.54) is 0 Å². The summed E-state index contributed by atoms with van der Waals surface area (Å²) in [5.74, 6) is 8.01. The molecule has 0 aliphatic rings. The van der Waals surface area contributed by atoms with Crippen LogP contribution in [-0.4, -0.2) is 19.8 Å². The van der Waals surface area contributed by atoms with Gasteiger partial charge in [-0.2, -0.15) is 0 Å². The van der Waals surface area contributed by atoms with Crippen molar-refractivity contribution in [3.63, 3.8) is 0 Å². The molecule has 0 bridgehead atoms. The predicted molar refractivity (Wildman–Crippen MR) is 86.0 cm³/mol. The molecule has 3 rings (SSSR count). The fraction of sp³-hybridized carbons (Fsp3) is 0.222. The van der Waals surface area contributed by atoms with Gasteiger partial charge in [0.15, 0.2) is 0 Å². The number of phenolic OH excluding ortho intramolecular Hbond substituents is 1. The largest absolute Gasteiger partial charge is 0.508 e. The molecule has 5 heteroatoms. The first-order valence-electron chi connectivity index (χ1n) is 7.39. The van der Waals surface area contributed by atoms with Gasteiger partial charge in [0.25, 0.3) is 0 Å². The summed E-state index contributed by atoms with van der Waals surface area (Å²) >= 11 is 0. The van der Waals surface area contributed by atoms with Crippen LogP contribution < -0.4 is 0 Å². The minimum absolute atomic E-state index is 0.221. The molecule has 1 aromatic carbocycles. The van der Waals surface area contributed by atoms with Crippen molar-refractivity contribution in [1.82, 2.24) is 14.7 Å². The molecule has 0 fully saturated rings. The standard InChI is InChI=1S/C18H17N3O2/c1-13(2)18-19-9-10-21(18)12-15-11-17(23-20-15)8-5-14-3-6-16(22)7-4-14/h3-4,6-7,9-11,13,22H,12H2,1-2H3. The Bertz CT molecular complexity index is 848. The third-order valence-corrected chi connectivity index (χ3v) is 3.35. The zero-order valence-electron chi connectivity index (χ0n) is 13.0. The van der Waals surface area contributed by atoms with Gasteiger partial charge in [0, 0.05) is 29.9 Å². The Balaban J connectivity index is 1.74. The molecule has 1 N–H and O–H groups in total. The van der Waals surface area contributed by atoms with E-state index in [9.17, 15) is 5.11 Å². The normalized spacial score (nSPS) is 10.6. The molecule has 23 heavy (non-hydrogen) atoms. The zero-order chi connectivity index (χ0) is 16.2. The molecule has 0 unspecified atom stereocenters. The number of rotatable bonds is 3. The minimum atomic E-state index is 0.221. The molecule has 0 amide bonds. The lowest BCUT2D eigenvalue weighted by molar-refractivity contribution is 0.401. The van der Waals surface area contributed by atoms with E-state index in [2.05, 4.69) is 40.4 Å². The van der Waals surface area contributed by atoms with E-state index in [4.69, 9.17) is 4.52 Å².